The van der Waals surface area contributed by atoms with Crippen molar-refractivity contribution in [1.29, 1.82) is 10.5 Å². The van der Waals surface area contributed by atoms with Gasteiger partial charge >= 0.3 is 0 Å². The summed E-state index contributed by atoms with van der Waals surface area (Å²) in [7, 11) is 0. The summed E-state index contributed by atoms with van der Waals surface area (Å²) in [5.41, 5.74) is 13.0. The van der Waals surface area contributed by atoms with Crippen LogP contribution in [0.1, 0.15) is 127 Å². The Labute approximate surface area is 364 Å². The lowest BCUT2D eigenvalue weighted by Gasteiger charge is -2.39. The number of amides is 4. The Morgan fingerprint density at radius 3 is 1.67 bits per heavy atom. The number of carbonyl (C=O) groups is 4. The van der Waals surface area contributed by atoms with Crippen molar-refractivity contribution in [2.45, 2.75) is 126 Å². The molecule has 0 spiro atoms. The van der Waals surface area contributed by atoms with E-state index in [-0.39, 0.29) is 83.1 Å². The Hall–Kier alpha value is -6.43. The normalized spacial score (nSPS) is 25.3. The second-order valence-corrected chi connectivity index (χ2v) is 17.8. The van der Waals surface area contributed by atoms with E-state index in [9.17, 15) is 34.1 Å². The number of nitrogens with two attached hydrogens (primary N) is 2. The average molecular weight is 857 g/mol. The van der Waals surface area contributed by atoms with Crippen molar-refractivity contribution < 1.29 is 23.6 Å². The van der Waals surface area contributed by atoms with E-state index >= 15 is 0 Å². The van der Waals surface area contributed by atoms with Crippen LogP contribution in [-0.2, 0) is 33.8 Å². The van der Waals surface area contributed by atoms with Crippen molar-refractivity contribution in [3.05, 3.63) is 94.6 Å². The molecular weight excluding hydrogens is 804 g/mol. The number of carbonyl (C=O) groups excluding carboxylic acids is 4. The molecule has 2 unspecified atom stereocenters. The lowest BCUT2D eigenvalue weighted by Crippen LogP contribution is -2.43. The zero-order valence-corrected chi connectivity index (χ0v) is 35.1. The molecule has 0 radical (unpaired) electrons. The molecule has 4 amide bonds. The molecular formula is C46H53FN12O4. The number of nitriles is 2. The molecule has 8 rings (SSSR count). The third-order valence-electron chi connectivity index (χ3n) is 13.7. The van der Waals surface area contributed by atoms with E-state index in [2.05, 4.69) is 49.7 Å². The monoisotopic (exact) mass is 856 g/mol. The SMILES string of the molecule is N#CCC1(n2cc(C(N)=O)c(NC(=O)C3CC3)n2)CCC(NCc2ccccc2C2CC2C(=O)Nc2nn(C3(CC#N)CCC(NCc4ccccc4F)CC3)cc2C(N)=O)CC1. The molecule has 4 aliphatic carbocycles. The highest BCUT2D eigenvalue weighted by Crippen LogP contribution is 2.49. The van der Waals surface area contributed by atoms with Gasteiger partial charge in [0.15, 0.2) is 11.6 Å². The predicted octanol–water partition coefficient (Wildman–Crippen LogP) is 5.19. The summed E-state index contributed by atoms with van der Waals surface area (Å²) in [6.07, 6.45) is 11.0. The average Bonchev–Trinajstić information content (AvgIpc) is 4.20. The van der Waals surface area contributed by atoms with Crippen LogP contribution in [0.3, 0.4) is 0 Å². The standard InChI is InChI=1S/C46H53FN12O4/c47-38-8-4-2-6-30(38)25-53-32-13-17-46(18-14-32,20-22-49)59-27-37(40(51)61)42(57-59)55-44(63)35-23-34(35)33-7-3-1-5-29(33)24-52-31-11-15-45(16-12-31,19-21-48)58-26-36(39(50)60)41(56-58)54-43(62)28-9-10-28/h1-8,26-28,31-32,34-35,52-53H,9-20,23-25H2,(H2,50,60)(H2,51,61)(H,54,56,62)(H,55,57,63). The first-order chi connectivity index (χ1) is 30.4. The van der Waals surface area contributed by atoms with Gasteiger partial charge in [0.2, 0.25) is 11.8 Å². The molecule has 328 valence electrons. The van der Waals surface area contributed by atoms with E-state index in [1.54, 1.807) is 40.0 Å². The third-order valence-corrected chi connectivity index (χ3v) is 13.7. The van der Waals surface area contributed by atoms with E-state index in [0.717, 1.165) is 36.8 Å². The molecule has 4 aliphatic rings. The van der Waals surface area contributed by atoms with Gasteiger partial charge in [-0.15, -0.1) is 0 Å². The van der Waals surface area contributed by atoms with Crippen LogP contribution in [0.15, 0.2) is 60.9 Å². The molecule has 2 aromatic heterocycles. The predicted molar refractivity (Wildman–Crippen MR) is 230 cm³/mol. The zero-order chi connectivity index (χ0) is 44.3. The van der Waals surface area contributed by atoms with E-state index in [0.29, 0.717) is 63.6 Å². The molecule has 2 aromatic carbocycles. The Balaban J connectivity index is 0.879. The van der Waals surface area contributed by atoms with Gasteiger partial charge in [-0.3, -0.25) is 28.5 Å². The van der Waals surface area contributed by atoms with Crippen LogP contribution in [-0.4, -0.2) is 55.3 Å². The molecule has 2 atom stereocenters. The number of hydrogen-bond donors (Lipinski definition) is 6. The number of nitrogens with zero attached hydrogens (tertiary/aromatic N) is 6. The minimum absolute atomic E-state index is 0.0392. The van der Waals surface area contributed by atoms with Crippen molar-refractivity contribution >= 4 is 35.3 Å². The highest BCUT2D eigenvalue weighted by atomic mass is 19.1. The summed E-state index contributed by atoms with van der Waals surface area (Å²) in [5, 5.41) is 41.8. The van der Waals surface area contributed by atoms with Gasteiger partial charge in [-0.1, -0.05) is 42.5 Å². The highest BCUT2D eigenvalue weighted by Gasteiger charge is 2.46. The molecule has 17 heteroatoms. The number of primary amides is 2. The van der Waals surface area contributed by atoms with Crippen molar-refractivity contribution in [3.63, 3.8) is 0 Å². The molecule has 63 heavy (non-hydrogen) atoms. The second-order valence-electron chi connectivity index (χ2n) is 17.8. The van der Waals surface area contributed by atoms with Crippen LogP contribution < -0.4 is 32.7 Å². The van der Waals surface area contributed by atoms with Crippen molar-refractivity contribution in [2.75, 3.05) is 10.6 Å². The van der Waals surface area contributed by atoms with Gasteiger partial charge in [0, 0.05) is 55.0 Å². The summed E-state index contributed by atoms with van der Waals surface area (Å²) in [6.45, 7) is 0.959. The topological polar surface area (TPSA) is 252 Å². The van der Waals surface area contributed by atoms with Gasteiger partial charge in [0.1, 0.15) is 16.9 Å². The summed E-state index contributed by atoms with van der Waals surface area (Å²) in [5.74, 6) is -2.39. The number of nitrogens with one attached hydrogen (secondary N) is 4. The smallest absolute Gasteiger partial charge is 0.254 e. The number of aromatic nitrogens is 4. The largest absolute Gasteiger partial charge is 0.365 e. The Morgan fingerprint density at radius 1 is 0.698 bits per heavy atom. The molecule has 16 nitrogen and oxygen atoms in total. The van der Waals surface area contributed by atoms with Gasteiger partial charge in [-0.05, 0) is 93.7 Å². The molecule has 4 saturated carbocycles. The number of halogens is 1. The first kappa shape index (κ1) is 43.2. The quantitative estimate of drug-likeness (QED) is 0.0811. The number of benzene rings is 2. The lowest BCUT2D eigenvalue weighted by molar-refractivity contribution is -0.118. The highest BCUT2D eigenvalue weighted by molar-refractivity contribution is 6.03. The summed E-state index contributed by atoms with van der Waals surface area (Å²) >= 11 is 0. The molecule has 0 aliphatic heterocycles. The van der Waals surface area contributed by atoms with Gasteiger partial charge in [0.05, 0.1) is 36.1 Å². The molecule has 2 heterocycles. The number of rotatable bonds is 17. The lowest BCUT2D eigenvalue weighted by atomic mass is 9.77. The molecule has 0 bridgehead atoms. The second kappa shape index (κ2) is 18.1. The fourth-order valence-corrected chi connectivity index (χ4v) is 9.58. The van der Waals surface area contributed by atoms with Crippen molar-refractivity contribution in [2.24, 2.45) is 23.3 Å². The van der Waals surface area contributed by atoms with Gasteiger partial charge in [-0.2, -0.15) is 20.7 Å². The van der Waals surface area contributed by atoms with Crippen LogP contribution in [0.25, 0.3) is 0 Å². The molecule has 4 fully saturated rings. The maximum Gasteiger partial charge on any atom is 0.254 e. The minimum atomic E-state index is -0.734. The first-order valence-electron chi connectivity index (χ1n) is 21.9. The zero-order valence-electron chi connectivity index (χ0n) is 35.1. The first-order valence-corrected chi connectivity index (χ1v) is 21.9. The maximum absolute atomic E-state index is 14.2. The van der Waals surface area contributed by atoms with Crippen LogP contribution in [0.5, 0.6) is 0 Å². The van der Waals surface area contributed by atoms with Crippen LogP contribution in [0.4, 0.5) is 16.0 Å². The van der Waals surface area contributed by atoms with E-state index in [1.165, 1.54) is 6.07 Å². The summed E-state index contributed by atoms with van der Waals surface area (Å²) in [6, 6.07) is 19.5. The number of anilines is 2. The Morgan fingerprint density at radius 2 is 1.17 bits per heavy atom. The molecule has 8 N–H and O–H groups in total. The Bertz CT molecular complexity index is 2460. The van der Waals surface area contributed by atoms with Crippen LogP contribution in [0, 0.1) is 40.3 Å². The van der Waals surface area contributed by atoms with Gasteiger partial charge < -0.3 is 32.7 Å². The van der Waals surface area contributed by atoms with E-state index in [1.807, 2.05) is 18.2 Å². The third kappa shape index (κ3) is 9.35. The molecule has 4 aromatic rings. The van der Waals surface area contributed by atoms with Crippen LogP contribution >= 0.6 is 0 Å². The Kier molecular flexibility index (Phi) is 12.4. The fourth-order valence-electron chi connectivity index (χ4n) is 9.58. The van der Waals surface area contributed by atoms with Crippen LogP contribution in [0.2, 0.25) is 0 Å². The summed E-state index contributed by atoms with van der Waals surface area (Å²) < 4.78 is 17.5. The van der Waals surface area contributed by atoms with E-state index < -0.39 is 22.9 Å². The van der Waals surface area contributed by atoms with Crippen molar-refractivity contribution in [3.8, 4) is 12.1 Å². The number of hydrogen-bond acceptors (Lipinski definition) is 10. The maximum atomic E-state index is 14.2. The molecule has 0 saturated heterocycles. The van der Waals surface area contributed by atoms with Gasteiger partial charge in [-0.25, -0.2) is 4.39 Å². The summed E-state index contributed by atoms with van der Waals surface area (Å²) in [4.78, 5) is 51.3. The fraction of sp³-hybridized carbons (Fsp3) is 0.478. The van der Waals surface area contributed by atoms with Gasteiger partial charge in [0.25, 0.3) is 11.8 Å². The van der Waals surface area contributed by atoms with Crippen molar-refractivity contribution in [1.82, 2.24) is 30.2 Å². The van der Waals surface area contributed by atoms with E-state index in [4.69, 9.17) is 11.5 Å². The minimum Gasteiger partial charge on any atom is -0.365 e.